The molecule has 74 valence electrons. The Bertz CT molecular complexity index is 473. The Morgan fingerprint density at radius 3 is 2.79 bits per heavy atom. The average Bonchev–Trinajstić information content (AvgIpc) is 2.44. The van der Waals surface area contributed by atoms with Crippen LogP contribution in [0.3, 0.4) is 0 Å². The molecule has 0 aromatic carbocycles. The molecule has 0 fully saturated rings. The lowest BCUT2D eigenvalue weighted by Gasteiger charge is -2.01. The maximum absolute atomic E-state index is 11.1. The van der Waals surface area contributed by atoms with Crippen molar-refractivity contribution in [2.24, 2.45) is 0 Å². The molecule has 0 aliphatic carbocycles. The summed E-state index contributed by atoms with van der Waals surface area (Å²) in [6.07, 6.45) is 3.22. The summed E-state index contributed by atoms with van der Waals surface area (Å²) in [4.78, 5) is 1.38. The molecule has 0 spiro atoms. The SMILES string of the molecule is Cc1c(C(C)C)sc2cc[n+]([O-])cc12. The van der Waals surface area contributed by atoms with Crippen LogP contribution in [-0.4, -0.2) is 0 Å². The summed E-state index contributed by atoms with van der Waals surface area (Å²) >= 11 is 1.79. The Hall–Kier alpha value is -1.09. The van der Waals surface area contributed by atoms with Crippen LogP contribution in [-0.2, 0) is 0 Å². The molecule has 2 nitrogen and oxygen atoms in total. The van der Waals surface area contributed by atoms with Gasteiger partial charge in [-0.2, -0.15) is 4.73 Å². The smallest absolute Gasteiger partial charge is 0.189 e. The molecule has 2 heterocycles. The number of aromatic nitrogens is 1. The van der Waals surface area contributed by atoms with Gasteiger partial charge in [-0.05, 0) is 18.4 Å². The molecule has 3 heteroatoms. The van der Waals surface area contributed by atoms with Gasteiger partial charge in [0.2, 0.25) is 0 Å². The first kappa shape index (κ1) is 9.46. The summed E-state index contributed by atoms with van der Waals surface area (Å²) < 4.78 is 2.07. The molecule has 0 amide bonds. The minimum atomic E-state index is 0.535. The van der Waals surface area contributed by atoms with E-state index in [0.29, 0.717) is 5.92 Å². The summed E-state index contributed by atoms with van der Waals surface area (Å²) in [5.74, 6) is 0.535. The van der Waals surface area contributed by atoms with Crippen molar-refractivity contribution in [3.8, 4) is 0 Å². The molecule has 0 radical (unpaired) electrons. The Morgan fingerprint density at radius 1 is 1.43 bits per heavy atom. The number of hydrogen-bond donors (Lipinski definition) is 0. The second-order valence-electron chi connectivity index (χ2n) is 3.83. The Kier molecular flexibility index (Phi) is 2.19. The van der Waals surface area contributed by atoms with E-state index in [-0.39, 0.29) is 0 Å². The van der Waals surface area contributed by atoms with Gasteiger partial charge < -0.3 is 5.21 Å². The van der Waals surface area contributed by atoms with E-state index in [1.807, 2.05) is 6.07 Å². The van der Waals surface area contributed by atoms with Gasteiger partial charge in [0.05, 0.1) is 5.39 Å². The molecule has 0 saturated heterocycles. The first-order chi connectivity index (χ1) is 6.59. The number of hydrogen-bond acceptors (Lipinski definition) is 2. The van der Waals surface area contributed by atoms with Crippen molar-refractivity contribution in [2.45, 2.75) is 26.7 Å². The summed E-state index contributed by atoms with van der Waals surface area (Å²) in [6.45, 7) is 6.46. The van der Waals surface area contributed by atoms with Gasteiger partial charge in [-0.3, -0.25) is 0 Å². The van der Waals surface area contributed by atoms with Gasteiger partial charge in [-0.1, -0.05) is 13.8 Å². The van der Waals surface area contributed by atoms with Crippen molar-refractivity contribution in [1.82, 2.24) is 0 Å². The van der Waals surface area contributed by atoms with Gasteiger partial charge in [0, 0.05) is 15.6 Å². The highest BCUT2D eigenvalue weighted by molar-refractivity contribution is 7.19. The van der Waals surface area contributed by atoms with Crippen LogP contribution in [0.5, 0.6) is 0 Å². The third-order valence-electron chi connectivity index (χ3n) is 2.41. The monoisotopic (exact) mass is 207 g/mol. The largest absolute Gasteiger partial charge is 0.619 e. The quantitative estimate of drug-likeness (QED) is 0.521. The van der Waals surface area contributed by atoms with Gasteiger partial charge in [0.1, 0.15) is 0 Å². The number of nitrogens with zero attached hydrogens (tertiary/aromatic N) is 1. The molecular formula is C11H13NOS. The van der Waals surface area contributed by atoms with Crippen molar-refractivity contribution in [2.75, 3.05) is 0 Å². The second kappa shape index (κ2) is 3.24. The summed E-state index contributed by atoms with van der Waals surface area (Å²) in [6, 6.07) is 1.89. The minimum Gasteiger partial charge on any atom is -0.619 e. The number of aryl methyl sites for hydroxylation is 1. The molecule has 0 bridgehead atoms. The summed E-state index contributed by atoms with van der Waals surface area (Å²) in [5, 5.41) is 12.2. The van der Waals surface area contributed by atoms with Crippen molar-refractivity contribution < 1.29 is 4.73 Å². The highest BCUT2D eigenvalue weighted by Crippen LogP contribution is 2.34. The van der Waals surface area contributed by atoms with Gasteiger partial charge >= 0.3 is 0 Å². The highest BCUT2D eigenvalue weighted by atomic mass is 32.1. The second-order valence-corrected chi connectivity index (χ2v) is 4.91. The lowest BCUT2D eigenvalue weighted by Crippen LogP contribution is -2.23. The minimum absolute atomic E-state index is 0.535. The fourth-order valence-corrected chi connectivity index (χ4v) is 2.89. The van der Waals surface area contributed by atoms with E-state index in [1.165, 1.54) is 15.1 Å². The molecule has 0 aliphatic heterocycles. The molecule has 0 unspecified atom stereocenters. The van der Waals surface area contributed by atoms with Crippen LogP contribution in [0.15, 0.2) is 18.5 Å². The van der Waals surface area contributed by atoms with Crippen LogP contribution in [0, 0.1) is 12.1 Å². The maximum Gasteiger partial charge on any atom is 0.189 e. The maximum atomic E-state index is 11.1. The number of rotatable bonds is 1. The summed E-state index contributed by atoms with van der Waals surface area (Å²) in [7, 11) is 0. The molecule has 0 aliphatic rings. The fourth-order valence-electron chi connectivity index (χ4n) is 1.71. The predicted molar refractivity (Wildman–Crippen MR) is 59.6 cm³/mol. The Morgan fingerprint density at radius 2 is 2.14 bits per heavy atom. The zero-order valence-corrected chi connectivity index (χ0v) is 9.39. The third kappa shape index (κ3) is 1.38. The Balaban J connectivity index is 2.74. The zero-order valence-electron chi connectivity index (χ0n) is 8.57. The molecule has 0 N–H and O–H groups in total. The van der Waals surface area contributed by atoms with E-state index in [9.17, 15) is 5.21 Å². The fraction of sp³-hybridized carbons (Fsp3) is 0.364. The molecule has 2 aromatic heterocycles. The zero-order chi connectivity index (χ0) is 10.3. The van der Waals surface area contributed by atoms with Crippen LogP contribution in [0.4, 0.5) is 0 Å². The first-order valence-corrected chi connectivity index (χ1v) is 5.53. The lowest BCUT2D eigenvalue weighted by atomic mass is 10.1. The van der Waals surface area contributed by atoms with Crippen molar-refractivity contribution >= 4 is 21.4 Å². The van der Waals surface area contributed by atoms with Crippen molar-refractivity contribution in [3.05, 3.63) is 34.1 Å². The number of fused-ring (bicyclic) bond motifs is 1. The van der Waals surface area contributed by atoms with Gasteiger partial charge in [-0.15, -0.1) is 11.3 Å². The average molecular weight is 207 g/mol. The van der Waals surface area contributed by atoms with Crippen LogP contribution < -0.4 is 4.73 Å². The molecular weight excluding hydrogens is 194 g/mol. The van der Waals surface area contributed by atoms with E-state index >= 15 is 0 Å². The van der Waals surface area contributed by atoms with Gasteiger partial charge in [-0.25, -0.2) is 0 Å². The predicted octanol–water partition coefficient (Wildman–Crippen LogP) is 2.97. The first-order valence-electron chi connectivity index (χ1n) is 4.71. The van der Waals surface area contributed by atoms with Gasteiger partial charge in [0.15, 0.2) is 12.4 Å². The standard InChI is InChI=1S/C11H13NOS/c1-7(2)11-8(3)9-6-12(13)5-4-10(9)14-11/h4-7H,1-3H3. The number of pyridine rings is 1. The van der Waals surface area contributed by atoms with Crippen LogP contribution in [0.25, 0.3) is 10.1 Å². The van der Waals surface area contributed by atoms with Crippen LogP contribution >= 0.6 is 11.3 Å². The van der Waals surface area contributed by atoms with E-state index in [2.05, 4.69) is 20.8 Å². The topological polar surface area (TPSA) is 26.9 Å². The van der Waals surface area contributed by atoms with E-state index < -0.39 is 0 Å². The van der Waals surface area contributed by atoms with E-state index in [1.54, 1.807) is 23.7 Å². The third-order valence-corrected chi connectivity index (χ3v) is 3.99. The van der Waals surface area contributed by atoms with Crippen LogP contribution in [0.1, 0.15) is 30.2 Å². The highest BCUT2D eigenvalue weighted by Gasteiger charge is 2.12. The molecule has 14 heavy (non-hydrogen) atoms. The van der Waals surface area contributed by atoms with E-state index in [4.69, 9.17) is 0 Å². The molecule has 2 aromatic rings. The van der Waals surface area contributed by atoms with Crippen molar-refractivity contribution in [3.63, 3.8) is 0 Å². The molecule has 0 atom stereocenters. The van der Waals surface area contributed by atoms with Crippen molar-refractivity contribution in [1.29, 1.82) is 0 Å². The van der Waals surface area contributed by atoms with Gasteiger partial charge in [0.25, 0.3) is 0 Å². The number of thiophene rings is 1. The van der Waals surface area contributed by atoms with E-state index in [0.717, 1.165) is 10.1 Å². The van der Waals surface area contributed by atoms with Crippen LogP contribution in [0.2, 0.25) is 0 Å². The normalized spacial score (nSPS) is 11.4. The summed E-state index contributed by atoms with van der Waals surface area (Å²) in [5.41, 5.74) is 1.25. The Labute approximate surface area is 87.4 Å². The molecule has 2 rings (SSSR count). The molecule has 0 saturated carbocycles. The lowest BCUT2D eigenvalue weighted by molar-refractivity contribution is -0.603.